The molecule has 1 aliphatic heterocycles. The van der Waals surface area contributed by atoms with Crippen LogP contribution in [0.2, 0.25) is 0 Å². The van der Waals surface area contributed by atoms with E-state index in [-0.39, 0.29) is 11.1 Å². The van der Waals surface area contributed by atoms with Crippen molar-refractivity contribution in [2.45, 2.75) is 37.1 Å². The van der Waals surface area contributed by atoms with Crippen LogP contribution in [0, 0.1) is 0 Å². The number of alkyl halides is 18. The molecule has 0 bridgehead atoms. The summed E-state index contributed by atoms with van der Waals surface area (Å²) in [7, 11) is 0. The maximum absolute atomic E-state index is 14.8. The van der Waals surface area contributed by atoms with Crippen molar-refractivity contribution in [2.24, 2.45) is 0 Å². The van der Waals surface area contributed by atoms with Crippen LogP contribution in [0.4, 0.5) is 79.0 Å². The summed E-state index contributed by atoms with van der Waals surface area (Å²) in [6.07, 6.45) is -37.1. The Hall–Kier alpha value is -4.04. The van der Waals surface area contributed by atoms with Gasteiger partial charge in [0.2, 0.25) is 0 Å². The molecule has 0 aliphatic carbocycles. The van der Waals surface area contributed by atoms with Crippen molar-refractivity contribution in [2.75, 3.05) is 0 Å². The van der Waals surface area contributed by atoms with Crippen LogP contribution < -0.4 is 10.7 Å². The van der Waals surface area contributed by atoms with Crippen LogP contribution >= 0.6 is 0 Å². The molecule has 52 heavy (non-hydrogen) atoms. The van der Waals surface area contributed by atoms with Gasteiger partial charge in [0.05, 0.1) is 0 Å². The van der Waals surface area contributed by atoms with Gasteiger partial charge in [-0.05, 0) is 0 Å². The van der Waals surface area contributed by atoms with E-state index in [1.807, 2.05) is 3.54 Å². The van der Waals surface area contributed by atoms with E-state index in [0.717, 1.165) is 24.3 Å². The van der Waals surface area contributed by atoms with Crippen molar-refractivity contribution < 1.29 is 79.0 Å². The summed E-state index contributed by atoms with van der Waals surface area (Å²) in [5.74, 6) is 0. The quantitative estimate of drug-likeness (QED) is 0.123. The Morgan fingerprint density at radius 3 is 0.885 bits per heavy atom. The fraction of sp³-hybridized carbons (Fsp3) is 0.188. The number of benzene rings is 4. The molecular weight excluding hydrogens is 859 g/mol. The molecule has 5 rings (SSSR count). The zero-order valence-corrected chi connectivity index (χ0v) is 27.7. The Labute approximate surface area is 283 Å². The molecule has 0 aromatic heterocycles. The molecule has 0 radical (unpaired) electrons. The Balaban J connectivity index is 2.17. The maximum atomic E-state index is 14.8. The molecule has 0 spiro atoms. The van der Waals surface area contributed by atoms with Crippen LogP contribution in [0.3, 0.4) is 0 Å². The van der Waals surface area contributed by atoms with Gasteiger partial charge in [-0.3, -0.25) is 0 Å². The summed E-state index contributed by atoms with van der Waals surface area (Å²) in [6, 6.07) is 8.65. The second-order valence-electron chi connectivity index (χ2n) is 11.2. The molecule has 1 fully saturated rings. The molecule has 1 nitrogen and oxygen atoms in total. The minimum atomic E-state index is -7.73. The summed E-state index contributed by atoms with van der Waals surface area (Å²) in [4.78, 5) is 0. The average molecular weight is 874 g/mol. The van der Waals surface area contributed by atoms with E-state index in [4.69, 9.17) is 0 Å². The Morgan fingerprint density at radius 2 is 0.654 bits per heavy atom. The topological polar surface area (TPSA) is 21.9 Å². The van der Waals surface area contributed by atoms with Crippen LogP contribution in [0.25, 0.3) is 5.57 Å². The predicted molar refractivity (Wildman–Crippen MR) is 150 cm³/mol. The number of rotatable bonds is 4. The standard InChI is InChI=1S/C14H11N.2C9H2F9.Sn/c15-11-14(12-7-3-1-4-8-12)13-9-5-2-6-10-13;2*10-7(11,12)4-1-5(8(13,14)15)3-6(2-4)9(16,17)18;/h1-10,15H;2*1-2H;/q-1;;;+1. The zero-order valence-electron chi connectivity index (χ0n) is 24.9. The van der Waals surface area contributed by atoms with Gasteiger partial charge >= 0.3 is 284 Å². The number of hydrogen-bond donors (Lipinski definition) is 1. The van der Waals surface area contributed by atoms with Crippen molar-refractivity contribution in [1.29, 1.82) is 0 Å². The molecular formula is C32H15F18NSn. The van der Waals surface area contributed by atoms with E-state index in [2.05, 4.69) is 0 Å². The van der Waals surface area contributed by atoms with Crippen molar-refractivity contribution in [3.8, 4) is 0 Å². The van der Waals surface area contributed by atoms with Gasteiger partial charge in [-0.25, -0.2) is 0 Å². The first-order valence-corrected chi connectivity index (χ1v) is 19.7. The van der Waals surface area contributed by atoms with Crippen molar-refractivity contribution in [3.05, 3.63) is 133 Å². The predicted octanol–water partition coefficient (Wildman–Crippen LogP) is 10.5. The average Bonchev–Trinajstić information content (AvgIpc) is 3.73. The van der Waals surface area contributed by atoms with E-state index < -0.39 is 130 Å². The molecule has 0 amide bonds. The Morgan fingerprint density at radius 1 is 0.385 bits per heavy atom. The van der Waals surface area contributed by atoms with Crippen LogP contribution in [-0.4, -0.2) is 18.7 Å². The molecule has 0 unspecified atom stereocenters. The van der Waals surface area contributed by atoms with Gasteiger partial charge in [0.15, 0.2) is 0 Å². The van der Waals surface area contributed by atoms with Crippen LogP contribution in [0.1, 0.15) is 44.5 Å². The third kappa shape index (κ3) is 7.28. The van der Waals surface area contributed by atoms with E-state index in [1.54, 1.807) is 0 Å². The Kier molecular flexibility index (Phi) is 9.44. The molecule has 278 valence electrons. The van der Waals surface area contributed by atoms with Gasteiger partial charge in [0.1, 0.15) is 0 Å². The molecule has 20 heteroatoms. The van der Waals surface area contributed by atoms with Gasteiger partial charge < -0.3 is 0 Å². The zero-order chi connectivity index (χ0) is 39.0. The molecule has 1 aliphatic rings. The van der Waals surface area contributed by atoms with Gasteiger partial charge in [-0.1, -0.05) is 0 Å². The van der Waals surface area contributed by atoms with Crippen molar-refractivity contribution in [3.63, 3.8) is 0 Å². The molecule has 1 heterocycles. The van der Waals surface area contributed by atoms with Crippen molar-refractivity contribution in [1.82, 2.24) is 3.54 Å². The van der Waals surface area contributed by atoms with E-state index >= 15 is 0 Å². The number of nitrogens with one attached hydrogen (secondary N) is 1. The molecule has 0 atom stereocenters. The van der Waals surface area contributed by atoms with E-state index in [0.29, 0.717) is 0 Å². The van der Waals surface area contributed by atoms with Crippen LogP contribution in [0.5, 0.6) is 0 Å². The first kappa shape index (κ1) is 39.2. The fourth-order valence-corrected chi connectivity index (χ4v) is 21.3. The van der Waals surface area contributed by atoms with Gasteiger partial charge in [-0.2, -0.15) is 0 Å². The monoisotopic (exact) mass is 875 g/mol. The number of halogens is 18. The summed E-state index contributed by atoms with van der Waals surface area (Å²) in [5.41, 5.74) is -17.7. The normalized spacial score (nSPS) is 15.4. The second-order valence-corrected chi connectivity index (χ2v) is 20.5. The van der Waals surface area contributed by atoms with Crippen LogP contribution in [-0.2, 0) is 37.1 Å². The van der Waals surface area contributed by atoms with Crippen molar-refractivity contribution >= 4 is 31.4 Å². The molecule has 1 saturated heterocycles. The van der Waals surface area contributed by atoms with Gasteiger partial charge in [-0.15, -0.1) is 0 Å². The van der Waals surface area contributed by atoms with E-state index in [1.165, 1.54) is 36.4 Å². The third-order valence-corrected chi connectivity index (χ3v) is 19.5. The fourth-order valence-electron chi connectivity index (χ4n) is 5.89. The first-order valence-electron chi connectivity index (χ1n) is 14.0. The molecule has 4 aromatic rings. The number of hydrogen-bond acceptors (Lipinski definition) is 1. The minimum absolute atomic E-state index is 0.196. The molecule has 4 aromatic carbocycles. The summed E-state index contributed by atoms with van der Waals surface area (Å²) in [6.45, 7) is 0. The SMILES string of the molecule is FC(F)(F)c1cc(C(F)(F)F)[c]([Sn]2([c]3c(C(F)(F)F)cc(C(F)(F)F)cc3C(F)(F)F)[NH][C]2=C(c2ccccc2)c2ccccc2)c(C(F)(F)F)c1. The second kappa shape index (κ2) is 12.5. The summed E-state index contributed by atoms with van der Waals surface area (Å²) >= 11 is -7.73. The van der Waals surface area contributed by atoms with Gasteiger partial charge in [0.25, 0.3) is 0 Å². The van der Waals surface area contributed by atoms with E-state index in [9.17, 15) is 79.0 Å². The molecule has 1 N–H and O–H groups in total. The van der Waals surface area contributed by atoms with Crippen LogP contribution in [0.15, 0.2) is 88.6 Å². The first-order chi connectivity index (χ1) is 23.6. The third-order valence-electron chi connectivity index (χ3n) is 7.90. The molecule has 0 saturated carbocycles. The summed E-state index contributed by atoms with van der Waals surface area (Å²) < 4.78 is 256. The summed E-state index contributed by atoms with van der Waals surface area (Å²) in [5, 5.41) is 0. The van der Waals surface area contributed by atoms with Gasteiger partial charge in [0, 0.05) is 0 Å². The Bertz CT molecular complexity index is 1810.